The van der Waals surface area contributed by atoms with E-state index in [4.69, 9.17) is 0 Å². The fourth-order valence-electron chi connectivity index (χ4n) is 2.71. The molecular formula is C21H30N2O. The first-order chi connectivity index (χ1) is 11.8. The van der Waals surface area contributed by atoms with Gasteiger partial charge in [0.15, 0.2) is 0 Å². The Balaban J connectivity index is 0.000000671. The molecule has 0 aliphatic carbocycles. The molecule has 24 heavy (non-hydrogen) atoms. The maximum Gasteiger partial charge on any atom is 0.244 e. The van der Waals surface area contributed by atoms with Crippen molar-refractivity contribution in [1.82, 2.24) is 5.32 Å². The Morgan fingerprint density at radius 1 is 0.875 bits per heavy atom. The average Bonchev–Trinajstić information content (AvgIpc) is 2.82. The molecule has 0 saturated carbocycles. The van der Waals surface area contributed by atoms with Gasteiger partial charge in [0.05, 0.1) is 12.6 Å². The number of fused-ring (bicyclic) bond motifs is 1. The highest BCUT2D eigenvalue weighted by Gasteiger charge is 2.29. The summed E-state index contributed by atoms with van der Waals surface area (Å²) in [5, 5.41) is 3.14. The number of anilines is 1. The van der Waals surface area contributed by atoms with Crippen LogP contribution >= 0.6 is 0 Å². The van der Waals surface area contributed by atoms with Crippen LogP contribution in [0.5, 0.6) is 0 Å². The summed E-state index contributed by atoms with van der Waals surface area (Å²) in [6, 6.07) is 18.0. The summed E-state index contributed by atoms with van der Waals surface area (Å²) in [7, 11) is 1.85. The van der Waals surface area contributed by atoms with Gasteiger partial charge in [0.1, 0.15) is 0 Å². The molecule has 1 amide bonds. The SMILES string of the molecule is CC.CC.CNC1Cc2ccccc2CN(c2ccccc2)C1=O. The Labute approximate surface area is 146 Å². The first-order valence-corrected chi connectivity index (χ1v) is 8.90. The van der Waals surface area contributed by atoms with Gasteiger partial charge in [-0.25, -0.2) is 0 Å². The molecule has 2 aromatic rings. The van der Waals surface area contributed by atoms with E-state index in [0.717, 1.165) is 12.1 Å². The normalized spacial score (nSPS) is 16.0. The van der Waals surface area contributed by atoms with Crippen LogP contribution < -0.4 is 10.2 Å². The molecule has 1 N–H and O–H groups in total. The minimum absolute atomic E-state index is 0.134. The van der Waals surface area contributed by atoms with E-state index in [2.05, 4.69) is 17.4 Å². The zero-order valence-corrected chi connectivity index (χ0v) is 15.5. The van der Waals surface area contributed by atoms with Gasteiger partial charge in [-0.1, -0.05) is 70.2 Å². The number of carbonyl (C=O) groups excluding carboxylic acids is 1. The van der Waals surface area contributed by atoms with Crippen molar-refractivity contribution in [1.29, 1.82) is 0 Å². The lowest BCUT2D eigenvalue weighted by atomic mass is 10.0. The van der Waals surface area contributed by atoms with E-state index in [0.29, 0.717) is 6.54 Å². The van der Waals surface area contributed by atoms with Crippen molar-refractivity contribution in [3.63, 3.8) is 0 Å². The summed E-state index contributed by atoms with van der Waals surface area (Å²) in [6.07, 6.45) is 0.745. The largest absolute Gasteiger partial charge is 0.309 e. The number of hydrogen-bond donors (Lipinski definition) is 1. The number of carbonyl (C=O) groups is 1. The maximum atomic E-state index is 12.7. The van der Waals surface area contributed by atoms with Gasteiger partial charge in [0.2, 0.25) is 5.91 Å². The van der Waals surface area contributed by atoms with Gasteiger partial charge >= 0.3 is 0 Å². The Bertz CT molecular complexity index is 610. The molecule has 1 atom stereocenters. The number of hydrogen-bond acceptors (Lipinski definition) is 2. The van der Waals surface area contributed by atoms with Gasteiger partial charge < -0.3 is 10.2 Å². The summed E-state index contributed by atoms with van der Waals surface area (Å²) in [4.78, 5) is 14.6. The summed E-state index contributed by atoms with van der Waals surface area (Å²) in [5.74, 6) is 0.134. The van der Waals surface area contributed by atoms with Gasteiger partial charge in [0.25, 0.3) is 0 Å². The van der Waals surface area contributed by atoms with Gasteiger partial charge in [-0.3, -0.25) is 4.79 Å². The fraction of sp³-hybridized carbons (Fsp3) is 0.381. The first kappa shape index (κ1) is 19.9. The van der Waals surface area contributed by atoms with Crippen LogP contribution in [0.1, 0.15) is 38.8 Å². The van der Waals surface area contributed by atoms with Crippen molar-refractivity contribution >= 4 is 11.6 Å². The van der Waals surface area contributed by atoms with Crippen molar-refractivity contribution in [3.05, 3.63) is 65.7 Å². The second-order valence-corrected chi connectivity index (χ2v) is 5.07. The molecule has 1 heterocycles. The van der Waals surface area contributed by atoms with Crippen LogP contribution in [-0.4, -0.2) is 19.0 Å². The van der Waals surface area contributed by atoms with Gasteiger partial charge in [-0.15, -0.1) is 0 Å². The van der Waals surface area contributed by atoms with Crippen molar-refractivity contribution in [2.24, 2.45) is 0 Å². The van der Waals surface area contributed by atoms with E-state index in [1.165, 1.54) is 11.1 Å². The molecule has 0 saturated heterocycles. The van der Waals surface area contributed by atoms with Crippen LogP contribution in [0.15, 0.2) is 54.6 Å². The quantitative estimate of drug-likeness (QED) is 0.886. The highest BCUT2D eigenvalue weighted by atomic mass is 16.2. The lowest BCUT2D eigenvalue weighted by molar-refractivity contribution is -0.120. The molecule has 3 heteroatoms. The van der Waals surface area contributed by atoms with E-state index in [9.17, 15) is 4.79 Å². The Hall–Kier alpha value is -2.13. The summed E-state index contributed by atoms with van der Waals surface area (Å²) in [6.45, 7) is 8.64. The molecule has 0 aromatic heterocycles. The molecule has 0 radical (unpaired) electrons. The van der Waals surface area contributed by atoms with E-state index < -0.39 is 0 Å². The molecule has 1 aliphatic rings. The van der Waals surface area contributed by atoms with Crippen LogP contribution in [0.3, 0.4) is 0 Å². The van der Waals surface area contributed by atoms with E-state index in [1.54, 1.807) is 0 Å². The monoisotopic (exact) mass is 326 g/mol. The van der Waals surface area contributed by atoms with Crippen LogP contribution in [0.2, 0.25) is 0 Å². The second kappa shape index (κ2) is 10.6. The number of likely N-dealkylation sites (N-methyl/N-ethyl adjacent to an activating group) is 1. The molecule has 3 rings (SSSR count). The lowest BCUT2D eigenvalue weighted by Crippen LogP contribution is -2.44. The lowest BCUT2D eigenvalue weighted by Gasteiger charge is -2.24. The van der Waals surface area contributed by atoms with E-state index in [-0.39, 0.29) is 11.9 Å². The number of benzene rings is 2. The van der Waals surface area contributed by atoms with Crippen LogP contribution in [0, 0.1) is 0 Å². The number of para-hydroxylation sites is 1. The van der Waals surface area contributed by atoms with Crippen molar-refractivity contribution in [2.75, 3.05) is 11.9 Å². The van der Waals surface area contributed by atoms with Gasteiger partial charge in [0, 0.05) is 5.69 Å². The Morgan fingerprint density at radius 3 is 2.00 bits per heavy atom. The Kier molecular flexibility index (Phi) is 8.80. The molecule has 130 valence electrons. The predicted octanol–water partition coefficient (Wildman–Crippen LogP) is 4.42. The highest BCUT2D eigenvalue weighted by Crippen LogP contribution is 2.24. The van der Waals surface area contributed by atoms with Crippen LogP contribution in [-0.2, 0) is 17.8 Å². The van der Waals surface area contributed by atoms with E-state index >= 15 is 0 Å². The summed E-state index contributed by atoms with van der Waals surface area (Å²) >= 11 is 0. The molecule has 2 aromatic carbocycles. The molecule has 1 aliphatic heterocycles. The zero-order chi connectivity index (χ0) is 17.9. The number of nitrogens with one attached hydrogen (secondary N) is 1. The van der Waals surface area contributed by atoms with Gasteiger partial charge in [-0.05, 0) is 36.7 Å². The van der Waals surface area contributed by atoms with Crippen molar-refractivity contribution < 1.29 is 4.79 Å². The molecule has 0 spiro atoms. The molecule has 1 unspecified atom stereocenters. The Morgan fingerprint density at radius 2 is 1.42 bits per heavy atom. The zero-order valence-electron chi connectivity index (χ0n) is 15.5. The molecule has 0 fully saturated rings. The minimum Gasteiger partial charge on any atom is -0.309 e. The first-order valence-electron chi connectivity index (χ1n) is 8.90. The molecular weight excluding hydrogens is 296 g/mol. The molecule has 0 bridgehead atoms. The van der Waals surface area contributed by atoms with Crippen LogP contribution in [0.25, 0.3) is 0 Å². The standard InChI is InChI=1S/C17H18N2O.2C2H6/c1-18-16-11-13-7-5-6-8-14(13)12-19(17(16)20)15-9-3-2-4-10-15;2*1-2/h2-10,16,18H,11-12H2,1H3;2*1-2H3. The van der Waals surface area contributed by atoms with Crippen molar-refractivity contribution in [2.45, 2.75) is 46.7 Å². The van der Waals surface area contributed by atoms with Crippen LogP contribution in [0.4, 0.5) is 5.69 Å². The maximum absolute atomic E-state index is 12.7. The number of nitrogens with zero attached hydrogens (tertiary/aromatic N) is 1. The van der Waals surface area contributed by atoms with Crippen molar-refractivity contribution in [3.8, 4) is 0 Å². The topological polar surface area (TPSA) is 32.3 Å². The highest BCUT2D eigenvalue weighted by molar-refractivity contribution is 5.97. The number of rotatable bonds is 2. The third kappa shape index (κ3) is 4.68. The van der Waals surface area contributed by atoms with Gasteiger partial charge in [-0.2, -0.15) is 0 Å². The molecule has 3 nitrogen and oxygen atoms in total. The number of amides is 1. The fourth-order valence-corrected chi connectivity index (χ4v) is 2.71. The minimum atomic E-state index is -0.168. The van der Waals surface area contributed by atoms with E-state index in [1.807, 2.05) is 82.1 Å². The summed E-state index contributed by atoms with van der Waals surface area (Å²) in [5.41, 5.74) is 3.43. The smallest absolute Gasteiger partial charge is 0.244 e. The third-order valence-electron chi connectivity index (χ3n) is 3.85. The third-order valence-corrected chi connectivity index (χ3v) is 3.85. The summed E-state index contributed by atoms with van der Waals surface area (Å²) < 4.78 is 0. The second-order valence-electron chi connectivity index (χ2n) is 5.07. The predicted molar refractivity (Wildman–Crippen MR) is 103 cm³/mol. The average molecular weight is 326 g/mol.